The Hall–Kier alpha value is -8.14. The van der Waals surface area contributed by atoms with E-state index in [9.17, 15) is 0 Å². The molecule has 0 N–H and O–H groups in total. The molecule has 10 aromatic carbocycles. The van der Waals surface area contributed by atoms with Gasteiger partial charge >= 0.3 is 0 Å². The fourth-order valence-electron chi connectivity index (χ4n) is 9.08. The average Bonchev–Trinajstić information content (AvgIpc) is 3.91. The molecule has 2 aromatic heterocycles. The Kier molecular flexibility index (Phi) is 8.17. The van der Waals surface area contributed by atoms with E-state index in [2.05, 4.69) is 205 Å². The molecule has 0 aliphatic heterocycles. The average molecular weight is 780 g/mol. The summed E-state index contributed by atoms with van der Waals surface area (Å²) >= 11 is 0. The molecule has 0 atom stereocenters. The predicted octanol–water partition coefficient (Wildman–Crippen LogP) is 16.8. The van der Waals surface area contributed by atoms with Crippen molar-refractivity contribution in [3.8, 4) is 44.5 Å². The summed E-state index contributed by atoms with van der Waals surface area (Å²) in [6.45, 7) is 0. The normalized spacial score (nSPS) is 11.6. The van der Waals surface area contributed by atoms with E-state index in [0.717, 1.165) is 72.2 Å². The molecule has 12 rings (SSSR count). The molecular formula is C58H37NO2. The van der Waals surface area contributed by atoms with E-state index in [1.807, 2.05) is 24.3 Å². The van der Waals surface area contributed by atoms with E-state index in [-0.39, 0.29) is 0 Å². The minimum atomic E-state index is 0.897. The SMILES string of the molecule is c1ccc(-c2ccc(N(c3ccc(-c4cccc(-c5ccc6c(ccc7oc8ccccc8c76)c5)c4)cc3)c3cccc(-c4cccc5c4oc4ccccc45)c3)cc2)cc1. The summed E-state index contributed by atoms with van der Waals surface area (Å²) in [5.74, 6) is 0. The van der Waals surface area contributed by atoms with Gasteiger partial charge in [0.05, 0.1) is 0 Å². The van der Waals surface area contributed by atoms with E-state index >= 15 is 0 Å². The number of rotatable bonds is 7. The van der Waals surface area contributed by atoms with Crippen LogP contribution in [0, 0.1) is 0 Å². The van der Waals surface area contributed by atoms with Gasteiger partial charge in [-0.1, -0.05) is 158 Å². The van der Waals surface area contributed by atoms with Crippen LogP contribution in [0.4, 0.5) is 17.1 Å². The van der Waals surface area contributed by atoms with Crippen molar-refractivity contribution < 1.29 is 8.83 Å². The van der Waals surface area contributed by atoms with Crippen molar-refractivity contribution in [1.29, 1.82) is 0 Å². The van der Waals surface area contributed by atoms with Gasteiger partial charge in [0.25, 0.3) is 0 Å². The zero-order valence-electron chi connectivity index (χ0n) is 33.1. The summed E-state index contributed by atoms with van der Waals surface area (Å²) in [7, 11) is 0. The van der Waals surface area contributed by atoms with Crippen LogP contribution >= 0.6 is 0 Å². The number of benzene rings is 10. The van der Waals surface area contributed by atoms with E-state index < -0.39 is 0 Å². The van der Waals surface area contributed by atoms with Crippen LogP contribution in [-0.4, -0.2) is 0 Å². The number of furan rings is 2. The Morgan fingerprint density at radius 2 is 0.836 bits per heavy atom. The van der Waals surface area contributed by atoms with Crippen molar-refractivity contribution in [2.24, 2.45) is 0 Å². The summed E-state index contributed by atoms with van der Waals surface area (Å²) in [6, 6.07) is 80.0. The number of hydrogen-bond acceptors (Lipinski definition) is 3. The monoisotopic (exact) mass is 779 g/mol. The van der Waals surface area contributed by atoms with Crippen LogP contribution in [0.25, 0.3) is 99.2 Å². The number of hydrogen-bond donors (Lipinski definition) is 0. The van der Waals surface area contributed by atoms with Crippen LogP contribution in [0.1, 0.15) is 0 Å². The highest BCUT2D eigenvalue weighted by atomic mass is 16.3. The van der Waals surface area contributed by atoms with Gasteiger partial charge in [-0.15, -0.1) is 0 Å². The first-order valence-electron chi connectivity index (χ1n) is 20.7. The van der Waals surface area contributed by atoms with Crippen LogP contribution in [0.5, 0.6) is 0 Å². The highest BCUT2D eigenvalue weighted by Gasteiger charge is 2.17. The van der Waals surface area contributed by atoms with Gasteiger partial charge < -0.3 is 13.7 Å². The minimum Gasteiger partial charge on any atom is -0.456 e. The van der Waals surface area contributed by atoms with Crippen molar-refractivity contribution >= 4 is 71.7 Å². The van der Waals surface area contributed by atoms with Gasteiger partial charge in [0.1, 0.15) is 22.3 Å². The number of fused-ring (bicyclic) bond motifs is 8. The maximum atomic E-state index is 6.48. The maximum absolute atomic E-state index is 6.48. The quantitative estimate of drug-likeness (QED) is 0.161. The van der Waals surface area contributed by atoms with E-state index in [1.54, 1.807) is 0 Å². The highest BCUT2D eigenvalue weighted by molar-refractivity contribution is 6.19. The van der Waals surface area contributed by atoms with Crippen LogP contribution in [-0.2, 0) is 0 Å². The third kappa shape index (κ3) is 6.06. The van der Waals surface area contributed by atoms with E-state index in [0.29, 0.717) is 0 Å². The maximum Gasteiger partial charge on any atom is 0.143 e. The van der Waals surface area contributed by atoms with Crippen LogP contribution in [0.2, 0.25) is 0 Å². The standard InChI is InChI=1S/C58H37NO2/c1-2-11-38(12-3-1)39-23-29-46(30-24-39)59(48-16-9-15-44(37-48)50-19-10-20-52-51-17-4-6-21-54(51)61-58(50)52)47-31-25-40(26-32-47)41-13-8-14-42(35-41)43-27-33-49-45(36-43)28-34-56-57(49)53-18-5-7-22-55(53)60-56/h1-37H. The lowest BCUT2D eigenvalue weighted by atomic mass is 9.96. The Labute approximate surface area is 353 Å². The van der Waals surface area contributed by atoms with Gasteiger partial charge in [-0.3, -0.25) is 0 Å². The highest BCUT2D eigenvalue weighted by Crippen LogP contribution is 2.42. The van der Waals surface area contributed by atoms with Crippen LogP contribution in [0.3, 0.4) is 0 Å². The van der Waals surface area contributed by atoms with E-state index in [1.165, 1.54) is 44.0 Å². The number of anilines is 3. The van der Waals surface area contributed by atoms with Crippen LogP contribution < -0.4 is 4.90 Å². The molecule has 0 amide bonds. The summed E-state index contributed by atoms with van der Waals surface area (Å²) < 4.78 is 12.7. The third-order valence-corrected chi connectivity index (χ3v) is 12.1. The van der Waals surface area contributed by atoms with Gasteiger partial charge in [-0.2, -0.15) is 0 Å². The smallest absolute Gasteiger partial charge is 0.143 e. The van der Waals surface area contributed by atoms with Crippen molar-refractivity contribution in [3.63, 3.8) is 0 Å². The van der Waals surface area contributed by atoms with Gasteiger partial charge in [-0.25, -0.2) is 0 Å². The van der Waals surface area contributed by atoms with Crippen LogP contribution in [0.15, 0.2) is 233 Å². The second-order valence-corrected chi connectivity index (χ2v) is 15.7. The lowest BCUT2D eigenvalue weighted by molar-refractivity contribution is 0.669. The fourth-order valence-corrected chi connectivity index (χ4v) is 9.08. The lowest BCUT2D eigenvalue weighted by Crippen LogP contribution is -2.10. The summed E-state index contributed by atoms with van der Waals surface area (Å²) in [5, 5.41) is 6.97. The minimum absolute atomic E-state index is 0.897. The molecular weight excluding hydrogens is 743 g/mol. The molecule has 286 valence electrons. The molecule has 0 spiro atoms. The van der Waals surface area contributed by atoms with Gasteiger partial charge in [0.2, 0.25) is 0 Å². The Morgan fingerprint density at radius 1 is 0.279 bits per heavy atom. The molecule has 61 heavy (non-hydrogen) atoms. The summed E-state index contributed by atoms with van der Waals surface area (Å²) in [6.07, 6.45) is 0. The zero-order valence-corrected chi connectivity index (χ0v) is 33.1. The largest absolute Gasteiger partial charge is 0.456 e. The molecule has 0 bridgehead atoms. The summed E-state index contributed by atoms with van der Waals surface area (Å²) in [5.41, 5.74) is 16.1. The fraction of sp³-hybridized carbons (Fsp3) is 0. The molecule has 2 heterocycles. The first kappa shape index (κ1) is 34.9. The molecule has 0 unspecified atom stereocenters. The molecule has 3 nitrogen and oxygen atoms in total. The second kappa shape index (κ2) is 14.3. The van der Waals surface area contributed by atoms with Crippen molar-refractivity contribution in [2.75, 3.05) is 4.90 Å². The van der Waals surface area contributed by atoms with Crippen molar-refractivity contribution in [2.45, 2.75) is 0 Å². The third-order valence-electron chi connectivity index (χ3n) is 12.1. The van der Waals surface area contributed by atoms with E-state index in [4.69, 9.17) is 8.83 Å². The number of para-hydroxylation sites is 3. The lowest BCUT2D eigenvalue weighted by Gasteiger charge is -2.26. The van der Waals surface area contributed by atoms with Crippen molar-refractivity contribution in [3.05, 3.63) is 224 Å². The Balaban J connectivity index is 0.914. The topological polar surface area (TPSA) is 29.5 Å². The summed E-state index contributed by atoms with van der Waals surface area (Å²) in [4.78, 5) is 2.34. The van der Waals surface area contributed by atoms with Gasteiger partial charge in [-0.05, 0) is 116 Å². The first-order chi connectivity index (χ1) is 30.2. The molecule has 0 fully saturated rings. The zero-order chi connectivity index (χ0) is 40.3. The van der Waals surface area contributed by atoms with Gasteiger partial charge in [0.15, 0.2) is 0 Å². The molecule has 0 radical (unpaired) electrons. The molecule has 0 aliphatic carbocycles. The van der Waals surface area contributed by atoms with Gasteiger partial charge in [0, 0.05) is 44.2 Å². The predicted molar refractivity (Wildman–Crippen MR) is 255 cm³/mol. The Morgan fingerprint density at radius 3 is 1.62 bits per heavy atom. The number of nitrogens with zero attached hydrogens (tertiary/aromatic N) is 1. The molecule has 3 heteroatoms. The van der Waals surface area contributed by atoms with Crippen molar-refractivity contribution in [1.82, 2.24) is 0 Å². The molecule has 0 saturated carbocycles. The first-order valence-corrected chi connectivity index (χ1v) is 20.7. The molecule has 0 aliphatic rings. The molecule has 12 aromatic rings. The molecule has 0 saturated heterocycles. The Bertz CT molecular complexity index is 3580. The second-order valence-electron chi connectivity index (χ2n) is 15.7.